The van der Waals surface area contributed by atoms with Crippen molar-refractivity contribution in [2.24, 2.45) is 0 Å². The normalized spacial score (nSPS) is 12.2. The van der Waals surface area contributed by atoms with Crippen molar-refractivity contribution in [3.63, 3.8) is 0 Å². The Bertz CT molecular complexity index is 1150. The average molecular weight is 492 g/mol. The van der Waals surface area contributed by atoms with Crippen molar-refractivity contribution in [2.75, 3.05) is 19.0 Å². The van der Waals surface area contributed by atoms with Crippen LogP contribution >= 0.6 is 0 Å². The van der Waals surface area contributed by atoms with Gasteiger partial charge in [0, 0.05) is 17.3 Å². The first-order valence-corrected chi connectivity index (χ1v) is 10.9. The summed E-state index contributed by atoms with van der Waals surface area (Å²) in [6.07, 6.45) is 10.2. The van der Waals surface area contributed by atoms with Crippen LogP contribution in [-0.2, 0) is 14.3 Å². The van der Waals surface area contributed by atoms with Gasteiger partial charge in [0.25, 0.3) is 11.8 Å². The smallest absolute Gasteiger partial charge is 0.408 e. The summed E-state index contributed by atoms with van der Waals surface area (Å²) in [4.78, 5) is 39.7. The van der Waals surface area contributed by atoms with Crippen molar-refractivity contribution in [2.45, 2.75) is 38.5 Å². The molecule has 0 aromatic heterocycles. The van der Waals surface area contributed by atoms with Crippen LogP contribution in [0.2, 0.25) is 0 Å². The third kappa shape index (κ3) is 7.52. The van der Waals surface area contributed by atoms with E-state index in [2.05, 4.69) is 22.6 Å². The second kappa shape index (κ2) is 12.3. The highest BCUT2D eigenvalue weighted by Crippen LogP contribution is 2.25. The molecule has 2 aromatic carbocycles. The SMILES string of the molecule is C#Cc1ccc(C(C(=O)Nc2ccc(OC)cc2)N(C#C)C(=O)C(CO)NC(=O)OC(C)(C)C)cc1. The Morgan fingerprint density at radius 3 is 2.14 bits per heavy atom. The summed E-state index contributed by atoms with van der Waals surface area (Å²) >= 11 is 0. The molecule has 9 heteroatoms. The Morgan fingerprint density at radius 2 is 1.67 bits per heavy atom. The first-order chi connectivity index (χ1) is 17.0. The second-order valence-corrected chi connectivity index (χ2v) is 8.61. The van der Waals surface area contributed by atoms with Gasteiger partial charge in [-0.3, -0.25) is 14.5 Å². The quantitative estimate of drug-likeness (QED) is 0.386. The van der Waals surface area contributed by atoms with Gasteiger partial charge in [-0.2, -0.15) is 0 Å². The molecule has 9 nitrogen and oxygen atoms in total. The molecule has 0 bridgehead atoms. The van der Waals surface area contributed by atoms with E-state index in [1.54, 1.807) is 69.3 Å². The molecule has 0 aliphatic rings. The highest BCUT2D eigenvalue weighted by atomic mass is 16.6. The van der Waals surface area contributed by atoms with E-state index in [1.807, 2.05) is 0 Å². The van der Waals surface area contributed by atoms with Crippen LogP contribution in [0.4, 0.5) is 10.5 Å². The van der Waals surface area contributed by atoms with Gasteiger partial charge in [0.2, 0.25) is 0 Å². The van der Waals surface area contributed by atoms with Gasteiger partial charge in [-0.25, -0.2) is 4.79 Å². The Morgan fingerprint density at radius 1 is 1.06 bits per heavy atom. The van der Waals surface area contributed by atoms with Crippen molar-refractivity contribution in [1.82, 2.24) is 10.2 Å². The zero-order chi connectivity index (χ0) is 26.9. The van der Waals surface area contributed by atoms with Crippen molar-refractivity contribution >= 4 is 23.6 Å². The molecule has 0 saturated heterocycles. The molecule has 2 unspecified atom stereocenters. The summed E-state index contributed by atoms with van der Waals surface area (Å²) in [5.41, 5.74) is 0.520. The number of nitrogens with one attached hydrogen (secondary N) is 2. The lowest BCUT2D eigenvalue weighted by molar-refractivity contribution is -0.137. The van der Waals surface area contributed by atoms with E-state index in [-0.39, 0.29) is 0 Å². The maximum Gasteiger partial charge on any atom is 0.408 e. The van der Waals surface area contributed by atoms with Crippen LogP contribution in [0.3, 0.4) is 0 Å². The number of ether oxygens (including phenoxy) is 2. The van der Waals surface area contributed by atoms with Crippen LogP contribution in [0.25, 0.3) is 0 Å². The summed E-state index contributed by atoms with van der Waals surface area (Å²) in [6, 6.07) is 12.3. The highest BCUT2D eigenvalue weighted by molar-refractivity contribution is 5.99. The fourth-order valence-electron chi connectivity index (χ4n) is 3.13. The summed E-state index contributed by atoms with van der Waals surface area (Å²) in [5.74, 6) is 1.55. The fourth-order valence-corrected chi connectivity index (χ4v) is 3.13. The number of hydrogen-bond donors (Lipinski definition) is 3. The van der Waals surface area contributed by atoms with Crippen molar-refractivity contribution in [3.05, 3.63) is 59.7 Å². The molecule has 0 radical (unpaired) electrons. The number of rotatable bonds is 8. The zero-order valence-corrected chi connectivity index (χ0v) is 20.6. The molecule has 2 aromatic rings. The predicted molar refractivity (Wildman–Crippen MR) is 135 cm³/mol. The number of alkyl carbamates (subject to hydrolysis) is 1. The average Bonchev–Trinajstić information content (AvgIpc) is 2.84. The van der Waals surface area contributed by atoms with Gasteiger partial charge in [0.05, 0.1) is 13.7 Å². The Balaban J connectivity index is 2.40. The van der Waals surface area contributed by atoms with E-state index in [1.165, 1.54) is 7.11 Å². The number of methoxy groups -OCH3 is 1. The molecular weight excluding hydrogens is 462 g/mol. The van der Waals surface area contributed by atoms with Gasteiger partial charge in [0.1, 0.15) is 23.4 Å². The van der Waals surface area contributed by atoms with Gasteiger partial charge in [-0.1, -0.05) is 24.5 Å². The van der Waals surface area contributed by atoms with Crippen LogP contribution in [-0.4, -0.2) is 53.3 Å². The molecule has 188 valence electrons. The number of carbonyl (C=O) groups excluding carboxylic acids is 3. The summed E-state index contributed by atoms with van der Waals surface area (Å²) in [5, 5.41) is 14.8. The molecule has 0 saturated carbocycles. The number of aliphatic hydroxyl groups excluding tert-OH is 1. The lowest BCUT2D eigenvalue weighted by Crippen LogP contribution is -2.52. The molecule has 0 aliphatic heterocycles. The minimum Gasteiger partial charge on any atom is -0.497 e. The molecule has 3 N–H and O–H groups in total. The Kier molecular flexibility index (Phi) is 9.49. The molecule has 0 aliphatic carbocycles. The summed E-state index contributed by atoms with van der Waals surface area (Å²) in [6.45, 7) is 4.17. The molecule has 3 amide bonds. The van der Waals surface area contributed by atoms with E-state index in [4.69, 9.17) is 22.3 Å². The maximum atomic E-state index is 13.4. The van der Waals surface area contributed by atoms with Crippen LogP contribution < -0.4 is 15.4 Å². The van der Waals surface area contributed by atoms with E-state index in [9.17, 15) is 19.5 Å². The molecule has 0 spiro atoms. The Labute approximate surface area is 210 Å². The van der Waals surface area contributed by atoms with E-state index < -0.39 is 42.2 Å². The molecule has 0 heterocycles. The third-order valence-corrected chi connectivity index (χ3v) is 4.81. The molecular formula is C27H29N3O6. The Hall–Kier alpha value is -4.47. The third-order valence-electron chi connectivity index (χ3n) is 4.81. The number of amides is 3. The molecule has 36 heavy (non-hydrogen) atoms. The second-order valence-electron chi connectivity index (χ2n) is 8.61. The van der Waals surface area contributed by atoms with E-state index in [0.29, 0.717) is 22.6 Å². The lowest BCUT2D eigenvalue weighted by atomic mass is 10.0. The van der Waals surface area contributed by atoms with Crippen molar-refractivity contribution in [3.8, 4) is 30.6 Å². The molecule has 2 rings (SSSR count). The van der Waals surface area contributed by atoms with E-state index in [0.717, 1.165) is 4.90 Å². The fraction of sp³-hybridized carbons (Fsp3) is 0.296. The number of nitrogens with zero attached hydrogens (tertiary/aromatic N) is 1. The number of terminal acetylenes is 2. The van der Waals surface area contributed by atoms with Crippen LogP contribution in [0.1, 0.15) is 37.9 Å². The standard InChI is InChI=1S/C27H29N3O6/c1-7-18-9-11-19(12-10-18)23(24(32)28-20-13-15-21(35-6)16-14-20)30(8-2)25(33)22(17-31)29-26(34)36-27(3,4)5/h1-2,9-16,22-23,31H,17H2,3-6H3,(H,28,32)(H,29,34). The maximum absolute atomic E-state index is 13.4. The minimum atomic E-state index is -1.46. The van der Waals surface area contributed by atoms with Gasteiger partial charge >= 0.3 is 6.09 Å². The predicted octanol–water partition coefficient (Wildman–Crippen LogP) is 2.66. The van der Waals surface area contributed by atoms with Crippen LogP contribution in [0, 0.1) is 24.8 Å². The zero-order valence-electron chi connectivity index (χ0n) is 20.6. The summed E-state index contributed by atoms with van der Waals surface area (Å²) in [7, 11) is 1.52. The summed E-state index contributed by atoms with van der Waals surface area (Å²) < 4.78 is 10.3. The monoisotopic (exact) mass is 491 g/mol. The van der Waals surface area contributed by atoms with Crippen LogP contribution in [0.15, 0.2) is 48.5 Å². The first-order valence-electron chi connectivity index (χ1n) is 10.9. The van der Waals surface area contributed by atoms with Crippen molar-refractivity contribution < 1.29 is 29.0 Å². The molecule has 2 atom stereocenters. The first kappa shape index (κ1) is 27.8. The number of aliphatic hydroxyl groups is 1. The van der Waals surface area contributed by atoms with E-state index >= 15 is 0 Å². The lowest BCUT2D eigenvalue weighted by Gasteiger charge is -2.29. The van der Waals surface area contributed by atoms with Gasteiger partial charge in [-0.05, 0) is 62.7 Å². The highest BCUT2D eigenvalue weighted by Gasteiger charge is 2.35. The minimum absolute atomic E-state index is 0.361. The largest absolute Gasteiger partial charge is 0.497 e. The van der Waals surface area contributed by atoms with Gasteiger partial charge < -0.3 is 25.2 Å². The number of anilines is 1. The number of carbonyl (C=O) groups is 3. The van der Waals surface area contributed by atoms with Gasteiger partial charge in [-0.15, -0.1) is 6.42 Å². The number of benzene rings is 2. The molecule has 0 fully saturated rings. The number of hydrogen-bond acceptors (Lipinski definition) is 6. The van der Waals surface area contributed by atoms with Gasteiger partial charge in [0.15, 0.2) is 0 Å². The van der Waals surface area contributed by atoms with Crippen LogP contribution in [0.5, 0.6) is 5.75 Å². The van der Waals surface area contributed by atoms with Crippen molar-refractivity contribution in [1.29, 1.82) is 0 Å². The topological polar surface area (TPSA) is 117 Å².